The Morgan fingerprint density at radius 3 is 1.74 bits per heavy atom. The third kappa shape index (κ3) is 2.89. The highest BCUT2D eigenvalue weighted by Gasteiger charge is 2.12. The van der Waals surface area contributed by atoms with Crippen LogP contribution < -0.4 is 0 Å². The highest BCUT2D eigenvalue weighted by atomic mass is 15.1. The van der Waals surface area contributed by atoms with Crippen LogP contribution in [-0.4, -0.2) is 19.1 Å². The van der Waals surface area contributed by atoms with E-state index in [1.54, 1.807) is 0 Å². The zero-order chi connectivity index (χ0) is 18.8. The lowest BCUT2D eigenvalue weighted by Gasteiger charge is -2.14. The molecule has 0 saturated heterocycles. The third-order valence-electron chi connectivity index (χ3n) is 4.56. The van der Waals surface area contributed by atoms with E-state index in [4.69, 9.17) is 0 Å². The van der Waals surface area contributed by atoms with E-state index in [1.165, 1.54) is 5.56 Å². The lowest BCUT2D eigenvalue weighted by molar-refractivity contribution is 1.02. The number of aryl methyl sites for hydroxylation is 1. The van der Waals surface area contributed by atoms with Gasteiger partial charge in [-0.05, 0) is 48.9 Å². The van der Waals surface area contributed by atoms with Gasteiger partial charge >= 0.3 is 0 Å². The predicted molar refractivity (Wildman–Crippen MR) is 112 cm³/mol. The number of imidazole rings is 2. The van der Waals surface area contributed by atoms with Gasteiger partial charge in [-0.3, -0.25) is 9.13 Å². The van der Waals surface area contributed by atoms with Gasteiger partial charge in [-0.15, -0.1) is 0 Å². The fourth-order valence-corrected chi connectivity index (χ4v) is 3.33. The minimum Gasteiger partial charge on any atom is -0.297 e. The minimum atomic E-state index is 0.990. The number of hydrogen-bond acceptors (Lipinski definition) is 2. The zero-order valence-corrected chi connectivity index (χ0v) is 15.8. The molecule has 4 nitrogen and oxygen atoms in total. The van der Waals surface area contributed by atoms with E-state index in [-0.39, 0.29) is 0 Å². The maximum Gasteiger partial charge on any atom is 0.100 e. The van der Waals surface area contributed by atoms with Crippen LogP contribution in [0.2, 0.25) is 0 Å². The Morgan fingerprint density at radius 1 is 0.630 bits per heavy atom. The van der Waals surface area contributed by atoms with Gasteiger partial charge in [0.2, 0.25) is 0 Å². The first kappa shape index (κ1) is 17.0. The maximum atomic E-state index is 4.55. The third-order valence-corrected chi connectivity index (χ3v) is 4.56. The van der Waals surface area contributed by atoms with Crippen molar-refractivity contribution >= 4 is 22.1 Å². The molecule has 4 heteroatoms. The zero-order valence-electron chi connectivity index (χ0n) is 15.8. The van der Waals surface area contributed by atoms with Gasteiger partial charge in [-0.1, -0.05) is 44.2 Å². The maximum absolute atomic E-state index is 4.55. The Morgan fingerprint density at radius 2 is 1.15 bits per heavy atom. The number of fused-ring (bicyclic) bond motifs is 2. The molecule has 0 amide bonds. The van der Waals surface area contributed by atoms with Gasteiger partial charge in [0.25, 0.3) is 0 Å². The smallest absolute Gasteiger partial charge is 0.100 e. The van der Waals surface area contributed by atoms with Crippen LogP contribution in [0.4, 0.5) is 0 Å². The molecule has 5 rings (SSSR count). The Hall–Kier alpha value is -3.40. The van der Waals surface area contributed by atoms with Crippen molar-refractivity contribution in [3.63, 3.8) is 0 Å². The summed E-state index contributed by atoms with van der Waals surface area (Å²) in [5.74, 6) is 0. The fourth-order valence-electron chi connectivity index (χ4n) is 3.33. The topological polar surface area (TPSA) is 35.6 Å². The predicted octanol–water partition coefficient (Wildman–Crippen LogP) is 5.70. The molecule has 0 bridgehead atoms. The van der Waals surface area contributed by atoms with E-state index >= 15 is 0 Å². The van der Waals surface area contributed by atoms with Crippen molar-refractivity contribution in [2.75, 3.05) is 0 Å². The molecule has 0 aliphatic carbocycles. The molecular formula is C23H22N4. The summed E-state index contributed by atoms with van der Waals surface area (Å²) in [6.45, 7) is 6.11. The molecule has 0 radical (unpaired) electrons. The Balaban J connectivity index is 0.000000872. The van der Waals surface area contributed by atoms with Crippen molar-refractivity contribution in [1.29, 1.82) is 0 Å². The number of aromatic nitrogens is 4. The lowest BCUT2D eigenvalue weighted by atomic mass is 10.1. The van der Waals surface area contributed by atoms with Gasteiger partial charge in [0, 0.05) is 0 Å². The van der Waals surface area contributed by atoms with Crippen LogP contribution in [0.15, 0.2) is 79.4 Å². The number of para-hydroxylation sites is 4. The largest absolute Gasteiger partial charge is 0.297 e. The molecule has 0 N–H and O–H groups in total. The highest BCUT2D eigenvalue weighted by molar-refractivity contribution is 5.81. The molecule has 27 heavy (non-hydrogen) atoms. The first-order valence-electron chi connectivity index (χ1n) is 9.27. The minimum absolute atomic E-state index is 0.990. The van der Waals surface area contributed by atoms with Crippen LogP contribution in [-0.2, 0) is 0 Å². The Kier molecular flexibility index (Phi) is 4.47. The first-order valence-corrected chi connectivity index (χ1v) is 9.27. The molecule has 2 aromatic heterocycles. The molecule has 0 atom stereocenters. The van der Waals surface area contributed by atoms with Crippen molar-refractivity contribution in [2.24, 2.45) is 0 Å². The summed E-state index contributed by atoms with van der Waals surface area (Å²) in [6, 6.07) is 22.8. The molecule has 0 aliphatic rings. The second-order valence-electron chi connectivity index (χ2n) is 6.20. The van der Waals surface area contributed by atoms with E-state index < -0.39 is 0 Å². The molecule has 0 aliphatic heterocycles. The summed E-state index contributed by atoms with van der Waals surface area (Å²) < 4.78 is 4.28. The van der Waals surface area contributed by atoms with Crippen molar-refractivity contribution in [3.8, 4) is 11.4 Å². The van der Waals surface area contributed by atoms with E-state index in [0.29, 0.717) is 0 Å². The molecule has 0 spiro atoms. The van der Waals surface area contributed by atoms with Gasteiger partial charge < -0.3 is 0 Å². The Bertz CT molecular complexity index is 1210. The normalized spacial score (nSPS) is 10.8. The highest BCUT2D eigenvalue weighted by Crippen LogP contribution is 2.27. The Labute approximate surface area is 158 Å². The quantitative estimate of drug-likeness (QED) is 0.408. The van der Waals surface area contributed by atoms with Gasteiger partial charge in [0.15, 0.2) is 0 Å². The summed E-state index contributed by atoms with van der Waals surface area (Å²) >= 11 is 0. The summed E-state index contributed by atoms with van der Waals surface area (Å²) in [5.41, 5.74) is 7.56. The van der Waals surface area contributed by atoms with Crippen LogP contribution in [0, 0.1) is 6.92 Å². The standard InChI is InChI=1S/C21H16N4.C2H6/c1-15-10-11-20(24-13-22-16-6-2-4-8-18(16)24)21(12-15)25-14-23-17-7-3-5-9-19(17)25;1-2/h2-14H,1H3;1-2H3. The van der Waals surface area contributed by atoms with Crippen LogP contribution in [0.25, 0.3) is 33.4 Å². The molecule has 3 aromatic carbocycles. The van der Waals surface area contributed by atoms with Crippen molar-refractivity contribution in [3.05, 3.63) is 84.9 Å². The molecule has 0 fully saturated rings. The van der Waals surface area contributed by atoms with Crippen molar-refractivity contribution in [1.82, 2.24) is 19.1 Å². The van der Waals surface area contributed by atoms with Gasteiger partial charge in [-0.2, -0.15) is 0 Å². The van der Waals surface area contributed by atoms with E-state index in [9.17, 15) is 0 Å². The second kappa shape index (κ2) is 7.08. The monoisotopic (exact) mass is 354 g/mol. The van der Waals surface area contributed by atoms with E-state index in [0.717, 1.165) is 33.4 Å². The van der Waals surface area contributed by atoms with Gasteiger partial charge in [0.05, 0.1) is 33.4 Å². The summed E-state index contributed by atoms with van der Waals surface area (Å²) in [7, 11) is 0. The molecule has 0 unspecified atom stereocenters. The molecule has 134 valence electrons. The summed E-state index contributed by atoms with van der Waals surface area (Å²) in [4.78, 5) is 9.09. The second-order valence-corrected chi connectivity index (χ2v) is 6.20. The van der Waals surface area contributed by atoms with E-state index in [1.807, 2.05) is 62.9 Å². The van der Waals surface area contributed by atoms with E-state index in [2.05, 4.69) is 56.4 Å². The first-order chi connectivity index (χ1) is 13.3. The summed E-state index contributed by atoms with van der Waals surface area (Å²) in [5, 5.41) is 0. The molecule has 5 aromatic rings. The average Bonchev–Trinajstić information content (AvgIpc) is 3.34. The number of hydrogen-bond donors (Lipinski definition) is 0. The lowest BCUT2D eigenvalue weighted by Crippen LogP contribution is -2.02. The number of benzene rings is 3. The van der Waals surface area contributed by atoms with Gasteiger partial charge in [-0.25, -0.2) is 9.97 Å². The van der Waals surface area contributed by atoms with Crippen LogP contribution in [0.3, 0.4) is 0 Å². The molecule has 0 saturated carbocycles. The number of nitrogens with zero attached hydrogens (tertiary/aromatic N) is 4. The summed E-state index contributed by atoms with van der Waals surface area (Å²) in [6.07, 6.45) is 3.78. The van der Waals surface area contributed by atoms with Gasteiger partial charge in [0.1, 0.15) is 12.7 Å². The van der Waals surface area contributed by atoms with Crippen molar-refractivity contribution < 1.29 is 0 Å². The van der Waals surface area contributed by atoms with Crippen molar-refractivity contribution in [2.45, 2.75) is 20.8 Å². The molecular weight excluding hydrogens is 332 g/mol. The fraction of sp³-hybridized carbons (Fsp3) is 0.130. The molecule has 2 heterocycles. The van der Waals surface area contributed by atoms with Crippen LogP contribution in [0.5, 0.6) is 0 Å². The SMILES string of the molecule is CC.Cc1ccc(-n2cnc3ccccc32)c(-n2cnc3ccccc32)c1. The average molecular weight is 354 g/mol. The van der Waals surface area contributed by atoms with Crippen LogP contribution in [0.1, 0.15) is 19.4 Å². The van der Waals surface area contributed by atoms with Crippen LogP contribution >= 0.6 is 0 Å². The number of rotatable bonds is 2.